The molecule has 1 unspecified atom stereocenters. The predicted octanol–water partition coefficient (Wildman–Crippen LogP) is 8.91. The first kappa shape index (κ1) is 39.3. The van der Waals surface area contributed by atoms with Gasteiger partial charge >= 0.3 is 0 Å². The van der Waals surface area contributed by atoms with E-state index in [1.807, 2.05) is 122 Å². The molecular formula is C47H46FN5O6Si. The lowest BCUT2D eigenvalue weighted by Gasteiger charge is -2.31. The lowest BCUT2D eigenvalue weighted by molar-refractivity contribution is -0.146. The van der Waals surface area contributed by atoms with Gasteiger partial charge in [-0.2, -0.15) is 0 Å². The Labute approximate surface area is 349 Å². The van der Waals surface area contributed by atoms with Crippen LogP contribution in [0.5, 0.6) is 17.2 Å². The predicted molar refractivity (Wildman–Crippen MR) is 228 cm³/mol. The van der Waals surface area contributed by atoms with Gasteiger partial charge in [0.1, 0.15) is 11.5 Å². The van der Waals surface area contributed by atoms with Crippen LogP contribution in [0.3, 0.4) is 0 Å². The Morgan fingerprint density at radius 3 is 2.35 bits per heavy atom. The number of carbonyl (C=O) groups is 2. The van der Waals surface area contributed by atoms with Crippen LogP contribution in [0.25, 0.3) is 0 Å². The van der Waals surface area contributed by atoms with E-state index in [-0.39, 0.29) is 30.9 Å². The van der Waals surface area contributed by atoms with Crippen molar-refractivity contribution in [1.29, 1.82) is 0 Å². The number of para-hydroxylation sites is 3. The van der Waals surface area contributed by atoms with Crippen LogP contribution in [0.1, 0.15) is 52.0 Å². The van der Waals surface area contributed by atoms with Gasteiger partial charge in [-0.15, -0.1) is 5.10 Å². The minimum absolute atomic E-state index is 0.124. The SMILES string of the molecule is COc1ccc2c(c1)[C@]1(O[C@@H](CCn3cc(C(CO)c4ccccc4)nn3)[C@H]([Si](C)(C)F)[C@H]1C)C(=O)N2Cc1ccc(N2C(=O)c3ccccc3Oc3ccccc32)cc1. The highest BCUT2D eigenvalue weighted by molar-refractivity contribution is 6.72. The topological polar surface area (TPSA) is 119 Å². The number of nitrogens with zero attached hydrogens (tertiary/aromatic N) is 5. The van der Waals surface area contributed by atoms with E-state index in [4.69, 9.17) is 14.2 Å². The number of anilines is 3. The number of aromatic nitrogens is 3. The number of aliphatic hydroxyl groups is 1. The summed E-state index contributed by atoms with van der Waals surface area (Å²) >= 11 is 0. The fraction of sp³-hybridized carbons (Fsp3) is 0.277. The molecule has 9 rings (SSSR count). The van der Waals surface area contributed by atoms with Gasteiger partial charge in [0.15, 0.2) is 11.4 Å². The fourth-order valence-electron chi connectivity index (χ4n) is 9.48. The van der Waals surface area contributed by atoms with Gasteiger partial charge in [0.05, 0.1) is 54.9 Å². The van der Waals surface area contributed by atoms with Gasteiger partial charge in [0.2, 0.25) is 8.41 Å². The van der Waals surface area contributed by atoms with Crippen LogP contribution in [0, 0.1) is 5.92 Å². The molecule has 306 valence electrons. The molecule has 0 radical (unpaired) electrons. The molecule has 1 N–H and O–H groups in total. The Kier molecular flexibility index (Phi) is 10.1. The molecule has 0 aliphatic carbocycles. The van der Waals surface area contributed by atoms with Crippen LogP contribution >= 0.6 is 0 Å². The summed E-state index contributed by atoms with van der Waals surface area (Å²) in [6.45, 7) is 5.79. The molecule has 1 fully saturated rings. The van der Waals surface area contributed by atoms with E-state index in [0.29, 0.717) is 64.1 Å². The van der Waals surface area contributed by atoms with Gasteiger partial charge in [-0.25, -0.2) is 0 Å². The number of rotatable bonds is 11. The molecule has 1 spiro atoms. The number of aryl methyl sites for hydroxylation is 1. The Hall–Kier alpha value is -6.15. The maximum atomic E-state index is 16.6. The van der Waals surface area contributed by atoms with Crippen molar-refractivity contribution in [3.8, 4) is 17.2 Å². The maximum absolute atomic E-state index is 16.6. The van der Waals surface area contributed by atoms with Gasteiger partial charge in [-0.3, -0.25) is 19.2 Å². The Balaban J connectivity index is 1.00. The molecule has 60 heavy (non-hydrogen) atoms. The smallest absolute Gasteiger partial charge is 0.266 e. The van der Waals surface area contributed by atoms with Crippen molar-refractivity contribution < 1.29 is 33.0 Å². The van der Waals surface area contributed by atoms with E-state index >= 15 is 8.90 Å². The molecule has 13 heteroatoms. The summed E-state index contributed by atoms with van der Waals surface area (Å²) in [6, 6.07) is 37.4. The van der Waals surface area contributed by atoms with Crippen LogP contribution < -0.4 is 19.3 Å². The molecule has 1 aromatic heterocycles. The molecule has 4 heterocycles. The molecule has 3 aliphatic heterocycles. The average molecular weight is 824 g/mol. The third-order valence-corrected chi connectivity index (χ3v) is 14.7. The molecule has 1 saturated heterocycles. The molecule has 11 nitrogen and oxygen atoms in total. The monoisotopic (exact) mass is 823 g/mol. The number of amides is 2. The first-order valence-corrected chi connectivity index (χ1v) is 23.2. The summed E-state index contributed by atoms with van der Waals surface area (Å²) in [6.07, 6.45) is 1.63. The lowest BCUT2D eigenvalue weighted by Crippen LogP contribution is -2.45. The number of ether oxygens (including phenoxy) is 3. The highest BCUT2D eigenvalue weighted by Crippen LogP contribution is 2.61. The van der Waals surface area contributed by atoms with Crippen molar-refractivity contribution in [1.82, 2.24) is 15.0 Å². The molecule has 0 bridgehead atoms. The van der Waals surface area contributed by atoms with Crippen LogP contribution in [0.2, 0.25) is 18.6 Å². The van der Waals surface area contributed by atoms with Gasteiger partial charge in [-0.1, -0.05) is 78.9 Å². The normalized spacial score (nSPS) is 21.3. The van der Waals surface area contributed by atoms with E-state index < -0.39 is 31.6 Å². The fourth-order valence-corrected chi connectivity index (χ4v) is 12.0. The first-order chi connectivity index (χ1) is 29.0. The van der Waals surface area contributed by atoms with Crippen LogP contribution in [0.15, 0.2) is 128 Å². The summed E-state index contributed by atoms with van der Waals surface area (Å²) in [5.74, 6) is 0.314. The number of hydrogen-bond donors (Lipinski definition) is 1. The van der Waals surface area contributed by atoms with Crippen molar-refractivity contribution in [3.05, 3.63) is 155 Å². The zero-order chi connectivity index (χ0) is 41.8. The van der Waals surface area contributed by atoms with Gasteiger partial charge in [0, 0.05) is 35.5 Å². The third-order valence-electron chi connectivity index (χ3n) is 12.3. The zero-order valence-electron chi connectivity index (χ0n) is 33.9. The molecule has 3 aliphatic rings. The minimum atomic E-state index is -3.44. The van der Waals surface area contributed by atoms with Gasteiger partial charge in [0.25, 0.3) is 11.8 Å². The molecule has 2 amide bonds. The maximum Gasteiger partial charge on any atom is 0.266 e. The van der Waals surface area contributed by atoms with Crippen molar-refractivity contribution in [3.63, 3.8) is 0 Å². The summed E-state index contributed by atoms with van der Waals surface area (Å²) in [5, 5.41) is 19.0. The molecule has 5 atom stereocenters. The summed E-state index contributed by atoms with van der Waals surface area (Å²) in [7, 11) is -1.86. The number of benzene rings is 5. The Morgan fingerprint density at radius 2 is 1.62 bits per heavy atom. The second-order valence-corrected chi connectivity index (χ2v) is 20.1. The van der Waals surface area contributed by atoms with Crippen molar-refractivity contribution in [2.75, 3.05) is 23.5 Å². The Bertz CT molecular complexity index is 2560. The van der Waals surface area contributed by atoms with Crippen LogP contribution in [-0.4, -0.2) is 60.1 Å². The second kappa shape index (κ2) is 15.5. The number of carbonyl (C=O) groups excluding carboxylic acids is 2. The van der Waals surface area contributed by atoms with E-state index in [2.05, 4.69) is 10.3 Å². The largest absolute Gasteiger partial charge is 0.497 e. The number of methoxy groups -OCH3 is 1. The highest BCUT2D eigenvalue weighted by atomic mass is 28.4. The zero-order valence-corrected chi connectivity index (χ0v) is 34.9. The van der Waals surface area contributed by atoms with Crippen molar-refractivity contribution in [2.24, 2.45) is 5.92 Å². The van der Waals surface area contributed by atoms with E-state index in [9.17, 15) is 9.90 Å². The van der Waals surface area contributed by atoms with E-state index in [1.165, 1.54) is 0 Å². The summed E-state index contributed by atoms with van der Waals surface area (Å²) < 4.78 is 37.2. The average Bonchev–Trinajstić information content (AvgIpc) is 3.89. The van der Waals surface area contributed by atoms with Gasteiger partial charge < -0.3 is 28.3 Å². The number of halogens is 1. The van der Waals surface area contributed by atoms with Crippen molar-refractivity contribution >= 4 is 37.3 Å². The third kappa shape index (κ3) is 6.66. The highest BCUT2D eigenvalue weighted by Gasteiger charge is 2.66. The van der Waals surface area contributed by atoms with Crippen molar-refractivity contribution in [2.45, 2.75) is 62.7 Å². The quantitative estimate of drug-likeness (QED) is 0.102. The number of fused-ring (bicyclic) bond motifs is 4. The van der Waals surface area contributed by atoms with Crippen LogP contribution in [-0.2, 0) is 28.2 Å². The minimum Gasteiger partial charge on any atom is -0.497 e. The first-order valence-electron chi connectivity index (χ1n) is 20.2. The van der Waals surface area contributed by atoms with E-state index in [1.54, 1.807) is 46.8 Å². The van der Waals surface area contributed by atoms with E-state index in [0.717, 1.165) is 11.1 Å². The Morgan fingerprint density at radius 1 is 0.900 bits per heavy atom. The van der Waals surface area contributed by atoms with Crippen LogP contribution in [0.4, 0.5) is 21.2 Å². The molecular weight excluding hydrogens is 778 g/mol. The van der Waals surface area contributed by atoms with Gasteiger partial charge in [-0.05, 0) is 85.2 Å². The molecule has 6 aromatic rings. The second-order valence-electron chi connectivity index (χ2n) is 16.3. The number of aliphatic hydroxyl groups excluding tert-OH is 1. The standard InChI is InChI=1S/C47H46FN5O6Si/c1-30-44(60(3,4)48)43(24-25-51-28-38(49-50-51)36(29-54)32-12-6-5-7-13-32)59-47(30)37-26-34(57-2)22-23-39(37)52(46(47)56)27-31-18-20-33(21-19-31)53-40-15-9-11-17-42(40)58-41-16-10-8-14-35(41)45(53)55/h5-23,26,28,30,36,43-44,54H,24-25,27,29H2,1-4H3/t30-,36?,43+,44-,47+/m1/s1. The lowest BCUT2D eigenvalue weighted by atomic mass is 9.82. The molecule has 0 saturated carbocycles. The number of hydrogen-bond acceptors (Lipinski definition) is 8. The molecule has 5 aromatic carbocycles. The summed E-state index contributed by atoms with van der Waals surface area (Å²) in [5.41, 5.74) is 3.48. The summed E-state index contributed by atoms with van der Waals surface area (Å²) in [4.78, 5) is 32.5.